The summed E-state index contributed by atoms with van der Waals surface area (Å²) in [6, 6.07) is 6.84. The highest BCUT2D eigenvalue weighted by Gasteiger charge is 2.21. The van der Waals surface area contributed by atoms with Crippen molar-refractivity contribution in [1.82, 2.24) is 4.90 Å². The zero-order chi connectivity index (χ0) is 15.1. The fourth-order valence-corrected chi connectivity index (χ4v) is 2.09. The number of methoxy groups -OCH3 is 1. The Balaban J connectivity index is 2.82. The molecule has 1 aromatic carbocycles. The van der Waals surface area contributed by atoms with Gasteiger partial charge in [0.15, 0.2) is 0 Å². The SMILES string of the molecule is CCN(C(=O)c1ccc(COC)cc1)C(C)CC(=O)O. The summed E-state index contributed by atoms with van der Waals surface area (Å²) in [7, 11) is 1.62. The first-order chi connectivity index (χ1) is 9.49. The third-order valence-electron chi connectivity index (χ3n) is 3.12. The topological polar surface area (TPSA) is 66.8 Å². The lowest BCUT2D eigenvalue weighted by Crippen LogP contribution is -2.39. The summed E-state index contributed by atoms with van der Waals surface area (Å²) >= 11 is 0. The van der Waals surface area contributed by atoms with E-state index in [0.29, 0.717) is 18.7 Å². The first-order valence-electron chi connectivity index (χ1n) is 6.60. The molecule has 1 aromatic rings. The highest BCUT2D eigenvalue weighted by Crippen LogP contribution is 2.12. The van der Waals surface area contributed by atoms with Crippen LogP contribution in [-0.2, 0) is 16.1 Å². The van der Waals surface area contributed by atoms with Crippen molar-refractivity contribution >= 4 is 11.9 Å². The number of hydrogen-bond donors (Lipinski definition) is 1. The molecule has 20 heavy (non-hydrogen) atoms. The Morgan fingerprint density at radius 2 is 1.90 bits per heavy atom. The Morgan fingerprint density at radius 1 is 1.30 bits per heavy atom. The summed E-state index contributed by atoms with van der Waals surface area (Å²) in [4.78, 5) is 24.7. The van der Waals surface area contributed by atoms with Crippen molar-refractivity contribution in [1.29, 1.82) is 0 Å². The van der Waals surface area contributed by atoms with Crippen LogP contribution in [0.1, 0.15) is 36.2 Å². The van der Waals surface area contributed by atoms with Gasteiger partial charge in [-0.2, -0.15) is 0 Å². The summed E-state index contributed by atoms with van der Waals surface area (Å²) in [5, 5.41) is 8.82. The van der Waals surface area contributed by atoms with Crippen molar-refractivity contribution in [3.05, 3.63) is 35.4 Å². The van der Waals surface area contributed by atoms with Gasteiger partial charge in [0, 0.05) is 25.3 Å². The van der Waals surface area contributed by atoms with Crippen LogP contribution in [0.25, 0.3) is 0 Å². The van der Waals surface area contributed by atoms with E-state index in [9.17, 15) is 9.59 Å². The second kappa shape index (κ2) is 7.65. The third-order valence-corrected chi connectivity index (χ3v) is 3.12. The van der Waals surface area contributed by atoms with Crippen molar-refractivity contribution in [2.24, 2.45) is 0 Å². The van der Waals surface area contributed by atoms with Crippen molar-refractivity contribution in [3.63, 3.8) is 0 Å². The van der Waals surface area contributed by atoms with E-state index in [-0.39, 0.29) is 18.4 Å². The van der Waals surface area contributed by atoms with Gasteiger partial charge in [0.1, 0.15) is 0 Å². The average molecular weight is 279 g/mol. The second-order valence-corrected chi connectivity index (χ2v) is 4.67. The predicted octanol–water partition coefficient (Wildman–Crippen LogP) is 2.16. The maximum atomic E-state index is 12.4. The van der Waals surface area contributed by atoms with Gasteiger partial charge in [-0.1, -0.05) is 12.1 Å². The molecular weight excluding hydrogens is 258 g/mol. The Hall–Kier alpha value is -1.88. The molecule has 1 rings (SSSR count). The Kier molecular flexibility index (Phi) is 6.18. The number of aliphatic carboxylic acids is 1. The van der Waals surface area contributed by atoms with Gasteiger partial charge < -0.3 is 14.7 Å². The van der Waals surface area contributed by atoms with Crippen LogP contribution in [0.2, 0.25) is 0 Å². The van der Waals surface area contributed by atoms with Crippen LogP contribution in [0, 0.1) is 0 Å². The Bertz CT molecular complexity index is 455. The summed E-state index contributed by atoms with van der Waals surface area (Å²) in [6.45, 7) is 4.57. The van der Waals surface area contributed by atoms with Gasteiger partial charge >= 0.3 is 5.97 Å². The molecule has 0 fully saturated rings. The Labute approximate surface area is 119 Å². The molecular formula is C15H21NO4. The minimum Gasteiger partial charge on any atom is -0.481 e. The van der Waals surface area contributed by atoms with Crippen LogP contribution in [0.5, 0.6) is 0 Å². The second-order valence-electron chi connectivity index (χ2n) is 4.67. The first-order valence-corrected chi connectivity index (χ1v) is 6.60. The van der Waals surface area contributed by atoms with E-state index in [4.69, 9.17) is 9.84 Å². The molecule has 0 aromatic heterocycles. The molecule has 0 aliphatic carbocycles. The lowest BCUT2D eigenvalue weighted by molar-refractivity contribution is -0.138. The van der Waals surface area contributed by atoms with Crippen LogP contribution in [0.4, 0.5) is 0 Å². The molecule has 1 N–H and O–H groups in total. The van der Waals surface area contributed by atoms with Gasteiger partial charge in [0.05, 0.1) is 13.0 Å². The third kappa shape index (κ3) is 4.35. The molecule has 0 spiro atoms. The molecule has 0 saturated heterocycles. The van der Waals surface area contributed by atoms with Gasteiger partial charge in [0.25, 0.3) is 5.91 Å². The molecule has 0 saturated carbocycles. The standard InChI is InChI=1S/C15H21NO4/c1-4-16(11(2)9-14(17)18)15(19)13-7-5-12(6-8-13)10-20-3/h5-8,11H,4,9-10H2,1-3H3,(H,17,18). The number of carboxylic acids is 1. The first kappa shape index (κ1) is 16.2. The van der Waals surface area contributed by atoms with E-state index in [1.807, 2.05) is 19.1 Å². The molecule has 0 aliphatic heterocycles. The quantitative estimate of drug-likeness (QED) is 0.830. The zero-order valence-electron chi connectivity index (χ0n) is 12.1. The normalized spacial score (nSPS) is 11.9. The van der Waals surface area contributed by atoms with E-state index in [2.05, 4.69) is 0 Å². The molecule has 110 valence electrons. The maximum absolute atomic E-state index is 12.4. The summed E-state index contributed by atoms with van der Waals surface area (Å²) in [5.41, 5.74) is 1.55. The summed E-state index contributed by atoms with van der Waals surface area (Å²) in [6.07, 6.45) is -0.0542. The van der Waals surface area contributed by atoms with Crippen molar-refractivity contribution in [2.75, 3.05) is 13.7 Å². The van der Waals surface area contributed by atoms with Crippen molar-refractivity contribution in [2.45, 2.75) is 32.9 Å². The fraction of sp³-hybridized carbons (Fsp3) is 0.467. The largest absolute Gasteiger partial charge is 0.481 e. The fourth-order valence-electron chi connectivity index (χ4n) is 2.09. The molecule has 5 nitrogen and oxygen atoms in total. The minimum atomic E-state index is -0.904. The lowest BCUT2D eigenvalue weighted by atomic mass is 10.1. The maximum Gasteiger partial charge on any atom is 0.305 e. The number of rotatable bonds is 7. The minimum absolute atomic E-state index is 0.0542. The van der Waals surface area contributed by atoms with Crippen LogP contribution >= 0.6 is 0 Å². The molecule has 1 unspecified atom stereocenters. The molecule has 1 atom stereocenters. The number of carboxylic acid groups (broad SMARTS) is 1. The highest BCUT2D eigenvalue weighted by molar-refractivity contribution is 5.94. The van der Waals surface area contributed by atoms with Crippen LogP contribution < -0.4 is 0 Å². The van der Waals surface area contributed by atoms with Gasteiger partial charge in [-0.05, 0) is 31.5 Å². The van der Waals surface area contributed by atoms with E-state index in [1.165, 1.54) is 0 Å². The average Bonchev–Trinajstić information content (AvgIpc) is 2.39. The van der Waals surface area contributed by atoms with Gasteiger partial charge in [0.2, 0.25) is 0 Å². The summed E-state index contributed by atoms with van der Waals surface area (Å²) in [5.74, 6) is -1.05. The number of hydrogen-bond acceptors (Lipinski definition) is 3. The van der Waals surface area contributed by atoms with Crippen LogP contribution in [0.15, 0.2) is 24.3 Å². The molecule has 0 aliphatic rings. The molecule has 0 radical (unpaired) electrons. The number of carbonyl (C=O) groups excluding carboxylic acids is 1. The van der Waals surface area contributed by atoms with Gasteiger partial charge in [-0.3, -0.25) is 9.59 Å². The molecule has 0 heterocycles. The smallest absolute Gasteiger partial charge is 0.305 e. The van der Waals surface area contributed by atoms with E-state index in [1.54, 1.807) is 31.1 Å². The zero-order valence-corrected chi connectivity index (χ0v) is 12.1. The van der Waals surface area contributed by atoms with E-state index in [0.717, 1.165) is 5.56 Å². The number of amides is 1. The lowest BCUT2D eigenvalue weighted by Gasteiger charge is -2.27. The van der Waals surface area contributed by atoms with Crippen molar-refractivity contribution in [3.8, 4) is 0 Å². The predicted molar refractivity (Wildman–Crippen MR) is 75.6 cm³/mol. The monoisotopic (exact) mass is 279 g/mol. The Morgan fingerprint density at radius 3 is 2.35 bits per heavy atom. The molecule has 1 amide bonds. The number of nitrogens with zero attached hydrogens (tertiary/aromatic N) is 1. The van der Waals surface area contributed by atoms with Crippen LogP contribution in [0.3, 0.4) is 0 Å². The van der Waals surface area contributed by atoms with Gasteiger partial charge in [-0.25, -0.2) is 0 Å². The molecule has 5 heteroatoms. The number of ether oxygens (including phenoxy) is 1. The molecule has 0 bridgehead atoms. The number of benzene rings is 1. The van der Waals surface area contributed by atoms with Crippen LogP contribution in [-0.4, -0.2) is 41.6 Å². The number of carbonyl (C=O) groups is 2. The van der Waals surface area contributed by atoms with E-state index >= 15 is 0 Å². The summed E-state index contributed by atoms with van der Waals surface area (Å²) < 4.78 is 5.02. The van der Waals surface area contributed by atoms with Crippen molar-refractivity contribution < 1.29 is 19.4 Å². The van der Waals surface area contributed by atoms with Gasteiger partial charge in [-0.15, -0.1) is 0 Å². The highest BCUT2D eigenvalue weighted by atomic mass is 16.5. The van der Waals surface area contributed by atoms with E-state index < -0.39 is 5.97 Å².